The normalized spacial score (nSPS) is 11.0. The molecule has 3 heterocycles. The van der Waals surface area contributed by atoms with Crippen LogP contribution in [0.15, 0.2) is 22.9 Å². The second-order valence-electron chi connectivity index (χ2n) is 4.18. The number of nitrogens with one attached hydrogen (secondary N) is 2. The number of pyridine rings is 1. The van der Waals surface area contributed by atoms with E-state index in [2.05, 4.69) is 25.5 Å². The van der Waals surface area contributed by atoms with Gasteiger partial charge in [-0.1, -0.05) is 0 Å². The molecule has 92 valence electrons. The summed E-state index contributed by atoms with van der Waals surface area (Å²) in [5, 5.41) is 11.2. The molecule has 0 aromatic carbocycles. The Balaban J connectivity index is 1.80. The van der Waals surface area contributed by atoms with Crippen LogP contribution < -0.4 is 5.32 Å². The molecule has 3 rings (SSSR count). The molecule has 6 nitrogen and oxygen atoms in total. The van der Waals surface area contributed by atoms with Crippen molar-refractivity contribution in [2.24, 2.45) is 0 Å². The van der Waals surface area contributed by atoms with Crippen LogP contribution in [0, 0.1) is 13.8 Å². The smallest absolute Gasteiger partial charge is 0.213 e. The Labute approximate surface area is 103 Å². The number of hydrogen-bond acceptors (Lipinski definition) is 5. The van der Waals surface area contributed by atoms with Crippen molar-refractivity contribution in [3.8, 4) is 0 Å². The van der Waals surface area contributed by atoms with Gasteiger partial charge in [-0.15, -0.1) is 0 Å². The third-order valence-electron chi connectivity index (χ3n) is 2.71. The van der Waals surface area contributed by atoms with Crippen LogP contribution in [0.4, 0.5) is 5.69 Å². The van der Waals surface area contributed by atoms with Crippen LogP contribution in [0.5, 0.6) is 0 Å². The highest BCUT2D eigenvalue weighted by atomic mass is 16.3. The van der Waals surface area contributed by atoms with E-state index in [-0.39, 0.29) is 0 Å². The summed E-state index contributed by atoms with van der Waals surface area (Å²) in [4.78, 5) is 8.49. The van der Waals surface area contributed by atoms with Gasteiger partial charge in [0.05, 0.1) is 24.1 Å². The topological polar surface area (TPSA) is 79.6 Å². The molecule has 0 amide bonds. The summed E-state index contributed by atoms with van der Waals surface area (Å²) in [7, 11) is 0. The van der Waals surface area contributed by atoms with Gasteiger partial charge in [0.2, 0.25) is 5.89 Å². The lowest BCUT2D eigenvalue weighted by Crippen LogP contribution is -2.00. The van der Waals surface area contributed by atoms with Gasteiger partial charge in [0, 0.05) is 11.1 Å². The number of H-pyrrole nitrogens is 1. The summed E-state index contributed by atoms with van der Waals surface area (Å²) >= 11 is 0. The van der Waals surface area contributed by atoms with Crippen LogP contribution in [-0.4, -0.2) is 20.2 Å². The van der Waals surface area contributed by atoms with Crippen molar-refractivity contribution in [2.75, 3.05) is 5.32 Å². The first-order chi connectivity index (χ1) is 8.72. The molecule has 0 bridgehead atoms. The molecule has 0 spiro atoms. The highest BCUT2D eigenvalue weighted by molar-refractivity contribution is 5.80. The van der Waals surface area contributed by atoms with Gasteiger partial charge in [0.1, 0.15) is 6.26 Å². The molecule has 0 aliphatic carbocycles. The van der Waals surface area contributed by atoms with E-state index < -0.39 is 0 Å². The Bertz CT molecular complexity index is 685. The van der Waals surface area contributed by atoms with Crippen molar-refractivity contribution < 1.29 is 4.42 Å². The Morgan fingerprint density at radius 1 is 1.39 bits per heavy atom. The van der Waals surface area contributed by atoms with Crippen LogP contribution in [0.3, 0.4) is 0 Å². The van der Waals surface area contributed by atoms with Crippen LogP contribution in [-0.2, 0) is 6.54 Å². The minimum atomic E-state index is 0.540. The zero-order chi connectivity index (χ0) is 12.5. The fourth-order valence-electron chi connectivity index (χ4n) is 1.78. The van der Waals surface area contributed by atoms with Crippen LogP contribution >= 0.6 is 0 Å². The summed E-state index contributed by atoms with van der Waals surface area (Å²) < 4.78 is 5.27. The maximum absolute atomic E-state index is 5.27. The average molecular weight is 243 g/mol. The van der Waals surface area contributed by atoms with E-state index in [1.807, 2.05) is 19.9 Å². The molecule has 0 aliphatic heterocycles. The molecule has 0 saturated carbocycles. The molecule has 6 heteroatoms. The predicted molar refractivity (Wildman–Crippen MR) is 67.2 cm³/mol. The fourth-order valence-corrected chi connectivity index (χ4v) is 1.78. The van der Waals surface area contributed by atoms with E-state index in [1.165, 1.54) is 0 Å². The SMILES string of the molecule is Cc1coc(CNc2cnc3n[nH]c(C)c3c2)n1. The van der Waals surface area contributed by atoms with Crippen molar-refractivity contribution in [3.63, 3.8) is 0 Å². The zero-order valence-corrected chi connectivity index (χ0v) is 10.2. The highest BCUT2D eigenvalue weighted by Crippen LogP contribution is 2.18. The van der Waals surface area contributed by atoms with Crippen molar-refractivity contribution in [2.45, 2.75) is 20.4 Å². The summed E-state index contributed by atoms with van der Waals surface area (Å²) in [5.74, 6) is 0.663. The van der Waals surface area contributed by atoms with Crippen LogP contribution in [0.25, 0.3) is 11.0 Å². The molecular weight excluding hydrogens is 230 g/mol. The van der Waals surface area contributed by atoms with Crippen molar-refractivity contribution in [1.29, 1.82) is 0 Å². The van der Waals surface area contributed by atoms with Gasteiger partial charge in [-0.05, 0) is 19.9 Å². The monoisotopic (exact) mass is 243 g/mol. The molecule has 0 atom stereocenters. The standard InChI is InChI=1S/C12H13N5O/c1-7-6-18-11(15-7)5-13-9-3-10-8(2)16-17-12(10)14-4-9/h3-4,6,13H,5H2,1-2H3,(H,14,16,17). The Kier molecular flexibility index (Phi) is 2.47. The van der Waals surface area contributed by atoms with E-state index in [0.29, 0.717) is 12.4 Å². The van der Waals surface area contributed by atoms with Crippen LogP contribution in [0.2, 0.25) is 0 Å². The van der Waals surface area contributed by atoms with Gasteiger partial charge in [-0.25, -0.2) is 9.97 Å². The molecule has 3 aromatic heterocycles. The van der Waals surface area contributed by atoms with Gasteiger partial charge in [0.15, 0.2) is 5.65 Å². The molecule has 0 saturated heterocycles. The Hall–Kier alpha value is -2.37. The van der Waals surface area contributed by atoms with Crippen molar-refractivity contribution in [3.05, 3.63) is 35.8 Å². The quantitative estimate of drug-likeness (QED) is 0.737. The number of anilines is 1. The first-order valence-corrected chi connectivity index (χ1v) is 5.68. The van der Waals surface area contributed by atoms with Gasteiger partial charge in [-0.2, -0.15) is 5.10 Å². The molecule has 0 unspecified atom stereocenters. The average Bonchev–Trinajstić information content (AvgIpc) is 2.94. The summed E-state index contributed by atoms with van der Waals surface area (Å²) in [6.45, 7) is 4.41. The van der Waals surface area contributed by atoms with E-state index in [0.717, 1.165) is 28.1 Å². The molecule has 18 heavy (non-hydrogen) atoms. The first kappa shape index (κ1) is 10.8. The number of aromatic nitrogens is 4. The summed E-state index contributed by atoms with van der Waals surface area (Å²) in [6.07, 6.45) is 3.39. The lowest BCUT2D eigenvalue weighted by molar-refractivity contribution is 0.503. The van der Waals surface area contributed by atoms with Crippen LogP contribution in [0.1, 0.15) is 17.3 Å². The number of hydrogen-bond donors (Lipinski definition) is 2. The lowest BCUT2D eigenvalue weighted by atomic mass is 10.2. The van der Waals surface area contributed by atoms with Gasteiger partial charge in [-0.3, -0.25) is 5.10 Å². The molecule has 3 aromatic rings. The Morgan fingerprint density at radius 2 is 2.28 bits per heavy atom. The molecule has 0 aliphatic rings. The summed E-state index contributed by atoms with van der Waals surface area (Å²) in [6, 6.07) is 2.01. The maximum Gasteiger partial charge on any atom is 0.213 e. The second kappa shape index (κ2) is 4.14. The minimum Gasteiger partial charge on any atom is -0.447 e. The predicted octanol–water partition coefficient (Wildman–Crippen LogP) is 2.17. The number of aryl methyl sites for hydroxylation is 2. The third-order valence-corrected chi connectivity index (χ3v) is 2.71. The number of rotatable bonds is 3. The maximum atomic E-state index is 5.27. The molecule has 0 fully saturated rings. The van der Waals surface area contributed by atoms with Crippen molar-refractivity contribution in [1.82, 2.24) is 20.2 Å². The number of fused-ring (bicyclic) bond motifs is 1. The fraction of sp³-hybridized carbons (Fsp3) is 0.250. The van der Waals surface area contributed by atoms with Gasteiger partial charge < -0.3 is 9.73 Å². The van der Waals surface area contributed by atoms with E-state index in [4.69, 9.17) is 4.42 Å². The molecule has 2 N–H and O–H groups in total. The molecule has 0 radical (unpaired) electrons. The van der Waals surface area contributed by atoms with Crippen molar-refractivity contribution >= 4 is 16.7 Å². The van der Waals surface area contributed by atoms with E-state index >= 15 is 0 Å². The largest absolute Gasteiger partial charge is 0.447 e. The van der Waals surface area contributed by atoms with Gasteiger partial charge >= 0.3 is 0 Å². The first-order valence-electron chi connectivity index (χ1n) is 5.68. The number of aromatic amines is 1. The number of nitrogens with zero attached hydrogens (tertiary/aromatic N) is 3. The van der Waals surface area contributed by atoms with E-state index in [9.17, 15) is 0 Å². The lowest BCUT2D eigenvalue weighted by Gasteiger charge is -2.02. The number of oxazole rings is 1. The van der Waals surface area contributed by atoms with Gasteiger partial charge in [0.25, 0.3) is 0 Å². The highest BCUT2D eigenvalue weighted by Gasteiger charge is 2.05. The summed E-state index contributed by atoms with van der Waals surface area (Å²) in [5.41, 5.74) is 3.53. The second-order valence-corrected chi connectivity index (χ2v) is 4.18. The third kappa shape index (κ3) is 1.92. The molecular formula is C12H13N5O. The zero-order valence-electron chi connectivity index (χ0n) is 10.2. The Morgan fingerprint density at radius 3 is 3.06 bits per heavy atom. The van der Waals surface area contributed by atoms with E-state index in [1.54, 1.807) is 12.5 Å². The minimum absolute atomic E-state index is 0.540.